The molecule has 0 aliphatic rings. The van der Waals surface area contributed by atoms with Gasteiger partial charge in [-0.1, -0.05) is 28.7 Å². The van der Waals surface area contributed by atoms with Gasteiger partial charge in [0.15, 0.2) is 11.6 Å². The Bertz CT molecular complexity index is 1720. The average Bonchev–Trinajstić information content (AvgIpc) is 3.50. The number of benzene rings is 2. The van der Waals surface area contributed by atoms with Crippen LogP contribution in [0.2, 0.25) is 0 Å². The van der Waals surface area contributed by atoms with Crippen LogP contribution in [0.1, 0.15) is 12.0 Å². The number of nitrogens with one attached hydrogen (secondary N) is 2. The molecule has 8 nitrogen and oxygen atoms in total. The summed E-state index contributed by atoms with van der Waals surface area (Å²) in [4.78, 5) is 22.1. The van der Waals surface area contributed by atoms with Crippen LogP contribution >= 0.6 is 11.3 Å². The topological polar surface area (TPSA) is 88.6 Å². The maximum Gasteiger partial charge on any atom is 0.258 e. The molecule has 3 heterocycles. The van der Waals surface area contributed by atoms with Gasteiger partial charge >= 0.3 is 0 Å². The van der Waals surface area contributed by atoms with E-state index in [4.69, 9.17) is 9.47 Å². The quantitative estimate of drug-likeness (QED) is 0.0745. The summed E-state index contributed by atoms with van der Waals surface area (Å²) in [7, 11) is 1.65. The lowest BCUT2D eigenvalue weighted by Gasteiger charge is -2.21. The minimum atomic E-state index is -3.03. The monoisotopic (exact) mass is 639 g/mol. The molecule has 0 radical (unpaired) electrons. The molecular weight excluding hydrogens is 610 g/mol. The number of amides is 1. The van der Waals surface area contributed by atoms with Gasteiger partial charge in [0.2, 0.25) is 0 Å². The van der Waals surface area contributed by atoms with E-state index in [1.54, 1.807) is 25.4 Å². The Hall–Kier alpha value is -4.59. The first-order valence-electron chi connectivity index (χ1n) is 13.9. The molecule has 0 saturated heterocycles. The van der Waals surface area contributed by atoms with Crippen molar-refractivity contribution in [3.8, 4) is 22.1 Å². The SMILES string of the molecule is COCCNCc1ccc(-c2cc3nccc(Oc4ccc(NC(CC(=O)N(F)c5ccccc5)C(F)F)cc4F)c3s2)nc1. The number of hydrogen-bond acceptors (Lipinski definition) is 8. The van der Waals surface area contributed by atoms with Gasteiger partial charge in [-0.05, 0) is 42.0 Å². The van der Waals surface area contributed by atoms with Crippen molar-refractivity contribution in [2.24, 2.45) is 0 Å². The Labute approximate surface area is 260 Å². The van der Waals surface area contributed by atoms with Crippen LogP contribution in [0.4, 0.5) is 29.0 Å². The van der Waals surface area contributed by atoms with Crippen LogP contribution in [0, 0.1) is 5.82 Å². The minimum Gasteiger partial charge on any atom is -0.453 e. The summed E-state index contributed by atoms with van der Waals surface area (Å²) in [5.41, 5.74) is 2.31. The largest absolute Gasteiger partial charge is 0.453 e. The minimum absolute atomic E-state index is 0.0234. The number of nitrogens with zero attached hydrogens (tertiary/aromatic N) is 3. The first-order valence-corrected chi connectivity index (χ1v) is 14.7. The van der Waals surface area contributed by atoms with Gasteiger partial charge in [0.05, 0.1) is 45.5 Å². The van der Waals surface area contributed by atoms with E-state index in [9.17, 15) is 18.1 Å². The highest BCUT2D eigenvalue weighted by Crippen LogP contribution is 2.39. The fourth-order valence-electron chi connectivity index (χ4n) is 4.38. The number of pyridine rings is 2. The lowest BCUT2D eigenvalue weighted by atomic mass is 10.1. The second-order valence-electron chi connectivity index (χ2n) is 9.90. The molecule has 1 unspecified atom stereocenters. The molecule has 5 rings (SSSR count). The fraction of sp³-hybridized carbons (Fsp3) is 0.219. The highest BCUT2D eigenvalue weighted by molar-refractivity contribution is 7.22. The Morgan fingerprint density at radius 3 is 2.56 bits per heavy atom. The Morgan fingerprint density at radius 2 is 1.84 bits per heavy atom. The van der Waals surface area contributed by atoms with Crippen molar-refractivity contribution in [1.29, 1.82) is 0 Å². The molecule has 2 N–H and O–H groups in total. The number of anilines is 2. The standard InChI is InChI=1S/C32H29F4N5O3S/c1-43-14-13-37-18-20-7-9-24(39-19-20)29-16-25-31(45-29)28(11-12-38-25)44-27-10-8-21(15-23(27)33)40-26(32(34)35)17-30(42)41(36)22-5-3-2-4-6-22/h2-12,15-16,19,26,32,37,40H,13-14,17-18H2,1H3. The van der Waals surface area contributed by atoms with E-state index in [-0.39, 0.29) is 22.2 Å². The van der Waals surface area contributed by atoms with Crippen molar-refractivity contribution in [3.63, 3.8) is 0 Å². The number of hydrogen-bond donors (Lipinski definition) is 2. The molecule has 2 aromatic carbocycles. The summed E-state index contributed by atoms with van der Waals surface area (Å²) >= 11 is 1.39. The zero-order chi connectivity index (χ0) is 31.8. The van der Waals surface area contributed by atoms with E-state index in [1.165, 1.54) is 53.9 Å². The second-order valence-corrected chi connectivity index (χ2v) is 11.0. The molecule has 234 valence electrons. The number of aromatic nitrogens is 2. The molecule has 1 atom stereocenters. The van der Waals surface area contributed by atoms with Crippen molar-refractivity contribution in [2.45, 2.75) is 25.4 Å². The fourth-order valence-corrected chi connectivity index (χ4v) is 5.43. The first-order chi connectivity index (χ1) is 21.8. The lowest BCUT2D eigenvalue weighted by Crippen LogP contribution is -2.35. The molecule has 0 bridgehead atoms. The number of carbonyl (C=O) groups excluding carboxylic acids is 1. The van der Waals surface area contributed by atoms with Gasteiger partial charge in [0.1, 0.15) is 5.75 Å². The van der Waals surface area contributed by atoms with Crippen molar-refractivity contribution >= 4 is 38.8 Å². The molecule has 0 spiro atoms. The molecule has 1 amide bonds. The van der Waals surface area contributed by atoms with Crippen molar-refractivity contribution in [3.05, 3.63) is 96.6 Å². The number of thiophene rings is 1. The summed E-state index contributed by atoms with van der Waals surface area (Å²) in [6.45, 7) is 2.01. The van der Waals surface area contributed by atoms with Crippen molar-refractivity contribution in [1.82, 2.24) is 15.3 Å². The van der Waals surface area contributed by atoms with E-state index in [2.05, 4.69) is 20.6 Å². The summed E-state index contributed by atoms with van der Waals surface area (Å²) in [6.07, 6.45) is -0.557. The zero-order valence-electron chi connectivity index (χ0n) is 24.1. The number of alkyl halides is 2. The van der Waals surface area contributed by atoms with Gasteiger partial charge in [0.25, 0.3) is 12.3 Å². The van der Waals surface area contributed by atoms with E-state index in [0.717, 1.165) is 28.7 Å². The van der Waals surface area contributed by atoms with Crippen LogP contribution in [0.15, 0.2) is 85.2 Å². The highest BCUT2D eigenvalue weighted by atomic mass is 32.1. The number of carbonyl (C=O) groups is 1. The summed E-state index contributed by atoms with van der Waals surface area (Å²) in [5.74, 6) is -1.78. The third kappa shape index (κ3) is 8.12. The third-order valence-electron chi connectivity index (χ3n) is 6.67. The molecule has 45 heavy (non-hydrogen) atoms. The predicted molar refractivity (Wildman–Crippen MR) is 166 cm³/mol. The molecule has 13 heteroatoms. The highest BCUT2D eigenvalue weighted by Gasteiger charge is 2.27. The average molecular weight is 640 g/mol. The Kier molecular flexibility index (Phi) is 10.6. The summed E-state index contributed by atoms with van der Waals surface area (Å²) in [5, 5.41) is 5.52. The summed E-state index contributed by atoms with van der Waals surface area (Å²) < 4.78 is 68.6. The van der Waals surface area contributed by atoms with Crippen LogP contribution in [0.5, 0.6) is 11.5 Å². The molecule has 3 aromatic heterocycles. The number of halogens is 4. The van der Waals surface area contributed by atoms with Crippen LogP contribution in [0.3, 0.4) is 0 Å². The molecule has 0 fully saturated rings. The van der Waals surface area contributed by atoms with Crippen molar-refractivity contribution in [2.75, 3.05) is 30.7 Å². The van der Waals surface area contributed by atoms with Gasteiger partial charge < -0.3 is 20.1 Å². The van der Waals surface area contributed by atoms with E-state index in [1.807, 2.05) is 18.2 Å². The summed E-state index contributed by atoms with van der Waals surface area (Å²) in [6, 6.07) is 16.5. The molecular formula is C32H29F4N5O3S. The third-order valence-corrected chi connectivity index (χ3v) is 7.83. The molecule has 5 aromatic rings. The van der Waals surface area contributed by atoms with Crippen molar-refractivity contribution < 1.29 is 31.9 Å². The van der Waals surface area contributed by atoms with Gasteiger partial charge in [0, 0.05) is 50.4 Å². The van der Waals surface area contributed by atoms with Gasteiger partial charge in [-0.3, -0.25) is 14.8 Å². The predicted octanol–water partition coefficient (Wildman–Crippen LogP) is 7.38. The maximum atomic E-state index is 15.1. The normalized spacial score (nSPS) is 12.0. The zero-order valence-corrected chi connectivity index (χ0v) is 24.9. The van der Waals surface area contributed by atoms with Gasteiger partial charge in [-0.25, -0.2) is 13.2 Å². The van der Waals surface area contributed by atoms with Gasteiger partial charge in [-0.15, -0.1) is 16.5 Å². The Balaban J connectivity index is 1.26. The number of methoxy groups -OCH3 is 1. The smallest absolute Gasteiger partial charge is 0.258 e. The number of ether oxygens (including phenoxy) is 2. The Morgan fingerprint density at radius 1 is 1.02 bits per heavy atom. The number of rotatable bonds is 14. The number of para-hydroxylation sites is 1. The van der Waals surface area contributed by atoms with Crippen LogP contribution in [-0.4, -0.2) is 48.6 Å². The van der Waals surface area contributed by atoms with Crippen LogP contribution in [-0.2, 0) is 16.1 Å². The number of fused-ring (bicyclic) bond motifs is 1. The van der Waals surface area contributed by atoms with E-state index >= 15 is 4.39 Å². The molecule has 0 saturated carbocycles. The molecule has 0 aliphatic carbocycles. The van der Waals surface area contributed by atoms with Gasteiger partial charge in [-0.2, -0.15) is 0 Å². The van der Waals surface area contributed by atoms with E-state index < -0.39 is 30.6 Å². The second kappa shape index (κ2) is 14.9. The molecule has 0 aliphatic heterocycles. The lowest BCUT2D eigenvalue weighted by molar-refractivity contribution is -0.122. The van der Waals surface area contributed by atoms with Crippen LogP contribution < -0.4 is 20.5 Å². The van der Waals surface area contributed by atoms with Crippen LogP contribution in [0.25, 0.3) is 20.8 Å². The first kappa shape index (κ1) is 31.8. The maximum absolute atomic E-state index is 15.1. The van der Waals surface area contributed by atoms with E-state index in [0.29, 0.717) is 29.1 Å².